The average Bonchev–Trinajstić information content (AvgIpc) is 3.44. The summed E-state index contributed by atoms with van der Waals surface area (Å²) in [5, 5.41) is 3.22. The molecule has 1 N–H and O–H groups in total. The molecule has 0 saturated heterocycles. The van der Waals surface area contributed by atoms with E-state index in [1.54, 1.807) is 48.4 Å². The van der Waals surface area contributed by atoms with Gasteiger partial charge in [-0.15, -0.1) is 0 Å². The monoisotopic (exact) mass is 502 g/mol. The molecule has 1 atom stereocenters. The predicted molar refractivity (Wildman–Crippen MR) is 133 cm³/mol. The van der Waals surface area contributed by atoms with Crippen molar-refractivity contribution in [1.82, 2.24) is 9.88 Å². The molecule has 1 unspecified atom stereocenters. The second-order valence-electron chi connectivity index (χ2n) is 7.80. The first-order valence-corrected chi connectivity index (χ1v) is 12.5. The average molecular weight is 503 g/mol. The summed E-state index contributed by atoms with van der Waals surface area (Å²) in [5.74, 6) is 0.0597. The zero-order chi connectivity index (χ0) is 24.7. The molecule has 0 spiro atoms. The molecule has 0 bridgehead atoms. The van der Waals surface area contributed by atoms with Gasteiger partial charge in [0.15, 0.2) is 6.61 Å². The van der Waals surface area contributed by atoms with E-state index in [9.17, 15) is 14.4 Å². The molecule has 0 fully saturated rings. The molecular weight excluding hydrogens is 476 g/mol. The van der Waals surface area contributed by atoms with E-state index in [0.717, 1.165) is 17.1 Å². The zero-order valence-corrected chi connectivity index (χ0v) is 20.9. The number of carbonyl (C=O) groups excluding carboxylic acids is 3. The lowest BCUT2D eigenvalue weighted by atomic mass is 10.1. The van der Waals surface area contributed by atoms with Crippen molar-refractivity contribution in [3.63, 3.8) is 0 Å². The molecule has 0 aliphatic carbocycles. The van der Waals surface area contributed by atoms with E-state index in [1.807, 2.05) is 36.8 Å². The summed E-state index contributed by atoms with van der Waals surface area (Å²) in [4.78, 5) is 38.1. The van der Waals surface area contributed by atoms with Crippen molar-refractivity contribution in [1.29, 1.82) is 0 Å². The Kier molecular flexibility index (Phi) is 9.01. The zero-order valence-electron chi connectivity index (χ0n) is 19.3. The number of carbonyl (C=O) groups is 3. The van der Waals surface area contributed by atoms with Crippen molar-refractivity contribution in [3.05, 3.63) is 82.0 Å². The van der Waals surface area contributed by atoms with Crippen LogP contribution in [0.1, 0.15) is 44.3 Å². The number of nitrogens with one attached hydrogen (secondary N) is 1. The SMILES string of the molecule is CSCCC(NC(=O)c1ccc(Cl)cc1)C(=O)OCC(=O)c1cc(C)n(Cc2ccco2)c1C. The molecule has 1 amide bonds. The van der Waals surface area contributed by atoms with Crippen LogP contribution in [0.4, 0.5) is 0 Å². The quantitative estimate of drug-likeness (QED) is 0.302. The highest BCUT2D eigenvalue weighted by Crippen LogP contribution is 2.18. The minimum atomic E-state index is -0.866. The van der Waals surface area contributed by atoms with Crippen LogP contribution in [0.2, 0.25) is 5.02 Å². The molecule has 2 aromatic heterocycles. The van der Waals surface area contributed by atoms with E-state index < -0.39 is 24.5 Å². The number of furan rings is 1. The molecule has 0 aliphatic rings. The minimum Gasteiger partial charge on any atom is -0.467 e. The number of thioether (sulfide) groups is 1. The number of ether oxygens (including phenoxy) is 1. The fourth-order valence-corrected chi connectivity index (χ4v) is 4.13. The van der Waals surface area contributed by atoms with Crippen LogP contribution in [0.5, 0.6) is 0 Å². The third-order valence-corrected chi connectivity index (χ3v) is 6.32. The van der Waals surface area contributed by atoms with Crippen LogP contribution in [0.15, 0.2) is 53.1 Å². The number of hydrogen-bond donors (Lipinski definition) is 1. The normalized spacial score (nSPS) is 11.8. The molecule has 2 heterocycles. The molecule has 3 rings (SSSR count). The minimum absolute atomic E-state index is 0.306. The Hall–Kier alpha value is -2.97. The smallest absolute Gasteiger partial charge is 0.329 e. The van der Waals surface area contributed by atoms with Gasteiger partial charge in [0.05, 0.1) is 12.8 Å². The maximum atomic E-state index is 12.8. The first-order valence-electron chi connectivity index (χ1n) is 10.7. The van der Waals surface area contributed by atoms with Gasteiger partial charge in [-0.2, -0.15) is 11.8 Å². The predicted octanol–water partition coefficient (Wildman–Crippen LogP) is 4.68. The van der Waals surface area contributed by atoms with E-state index in [-0.39, 0.29) is 5.78 Å². The van der Waals surface area contributed by atoms with E-state index in [4.69, 9.17) is 20.8 Å². The summed E-state index contributed by atoms with van der Waals surface area (Å²) in [7, 11) is 0. The van der Waals surface area contributed by atoms with Crippen molar-refractivity contribution in [2.45, 2.75) is 32.9 Å². The number of benzene rings is 1. The van der Waals surface area contributed by atoms with E-state index in [0.29, 0.717) is 34.9 Å². The van der Waals surface area contributed by atoms with Crippen LogP contribution in [0.25, 0.3) is 0 Å². The Bertz CT molecular complexity index is 1140. The van der Waals surface area contributed by atoms with E-state index in [2.05, 4.69) is 5.32 Å². The number of Topliss-reactive ketones (excluding diaryl/α,β-unsaturated/α-hetero) is 1. The first kappa shape index (κ1) is 25.6. The van der Waals surface area contributed by atoms with Crippen molar-refractivity contribution < 1.29 is 23.5 Å². The lowest BCUT2D eigenvalue weighted by molar-refractivity contribution is -0.144. The molecule has 3 aromatic rings. The molecule has 9 heteroatoms. The Morgan fingerprint density at radius 2 is 1.91 bits per heavy atom. The van der Waals surface area contributed by atoms with Gasteiger partial charge in [-0.05, 0) is 74.7 Å². The molecular formula is C25H27ClN2O5S. The summed E-state index contributed by atoms with van der Waals surface area (Å²) in [5.41, 5.74) is 2.54. The van der Waals surface area contributed by atoms with Crippen LogP contribution >= 0.6 is 23.4 Å². The first-order chi connectivity index (χ1) is 16.3. The Balaban J connectivity index is 1.63. The molecule has 0 aliphatic heterocycles. The number of nitrogens with zero attached hydrogens (tertiary/aromatic N) is 1. The van der Waals surface area contributed by atoms with Gasteiger partial charge in [0.25, 0.3) is 5.91 Å². The third kappa shape index (κ3) is 6.55. The van der Waals surface area contributed by atoms with Crippen molar-refractivity contribution in [3.8, 4) is 0 Å². The van der Waals surface area contributed by atoms with Gasteiger partial charge < -0.3 is 19.0 Å². The van der Waals surface area contributed by atoms with Crippen LogP contribution in [0, 0.1) is 13.8 Å². The highest BCUT2D eigenvalue weighted by molar-refractivity contribution is 7.98. The number of rotatable bonds is 11. The Labute approximate surface area is 207 Å². The maximum Gasteiger partial charge on any atom is 0.329 e. The number of halogens is 1. The van der Waals surface area contributed by atoms with Gasteiger partial charge in [0, 0.05) is 27.5 Å². The van der Waals surface area contributed by atoms with Gasteiger partial charge in [0.2, 0.25) is 5.78 Å². The molecule has 0 radical (unpaired) electrons. The third-order valence-electron chi connectivity index (χ3n) is 5.42. The van der Waals surface area contributed by atoms with Crippen molar-refractivity contribution in [2.24, 2.45) is 0 Å². The number of aryl methyl sites for hydroxylation is 1. The van der Waals surface area contributed by atoms with Crippen LogP contribution in [0.3, 0.4) is 0 Å². The summed E-state index contributed by atoms with van der Waals surface area (Å²) in [6.45, 7) is 3.85. The highest BCUT2D eigenvalue weighted by atomic mass is 35.5. The van der Waals surface area contributed by atoms with Crippen LogP contribution in [-0.2, 0) is 16.1 Å². The number of ketones is 1. The second-order valence-corrected chi connectivity index (χ2v) is 9.22. The van der Waals surface area contributed by atoms with Gasteiger partial charge in [0.1, 0.15) is 11.8 Å². The largest absolute Gasteiger partial charge is 0.467 e. The lowest BCUT2D eigenvalue weighted by Gasteiger charge is -2.17. The lowest BCUT2D eigenvalue weighted by Crippen LogP contribution is -2.42. The van der Waals surface area contributed by atoms with Crippen molar-refractivity contribution >= 4 is 41.0 Å². The highest BCUT2D eigenvalue weighted by Gasteiger charge is 2.25. The van der Waals surface area contributed by atoms with Gasteiger partial charge in [-0.1, -0.05) is 11.6 Å². The number of hydrogen-bond acceptors (Lipinski definition) is 6. The van der Waals surface area contributed by atoms with Gasteiger partial charge in [-0.3, -0.25) is 9.59 Å². The van der Waals surface area contributed by atoms with E-state index >= 15 is 0 Å². The van der Waals surface area contributed by atoms with Gasteiger partial charge >= 0.3 is 5.97 Å². The molecule has 7 nitrogen and oxygen atoms in total. The summed E-state index contributed by atoms with van der Waals surface area (Å²) in [6, 6.07) is 11.0. The molecule has 0 saturated carbocycles. The van der Waals surface area contributed by atoms with E-state index in [1.165, 1.54) is 0 Å². The molecule has 180 valence electrons. The van der Waals surface area contributed by atoms with Crippen LogP contribution < -0.4 is 5.32 Å². The van der Waals surface area contributed by atoms with Crippen molar-refractivity contribution in [2.75, 3.05) is 18.6 Å². The Morgan fingerprint density at radius 1 is 1.18 bits per heavy atom. The fraction of sp³-hybridized carbons (Fsp3) is 0.320. The number of amides is 1. The summed E-state index contributed by atoms with van der Waals surface area (Å²) >= 11 is 7.42. The maximum absolute atomic E-state index is 12.8. The number of esters is 1. The van der Waals surface area contributed by atoms with Gasteiger partial charge in [-0.25, -0.2) is 4.79 Å². The number of aromatic nitrogens is 1. The molecule has 1 aromatic carbocycles. The fourth-order valence-electron chi connectivity index (χ4n) is 3.53. The Morgan fingerprint density at radius 3 is 2.56 bits per heavy atom. The van der Waals surface area contributed by atoms with Crippen LogP contribution in [-0.4, -0.2) is 46.9 Å². The summed E-state index contributed by atoms with van der Waals surface area (Å²) in [6.07, 6.45) is 3.89. The topological polar surface area (TPSA) is 90.5 Å². The second kappa shape index (κ2) is 11.9. The standard InChI is InChI=1S/C25H27ClN2O5S/c1-16-13-21(17(2)28(16)14-20-5-4-11-32-20)23(29)15-33-25(31)22(10-12-34-3)27-24(30)18-6-8-19(26)9-7-18/h4-9,11,13,22H,10,12,14-15H2,1-3H3,(H,27,30). The molecule has 34 heavy (non-hydrogen) atoms. The summed E-state index contributed by atoms with van der Waals surface area (Å²) < 4.78 is 12.7.